The number of benzene rings is 1. The quantitative estimate of drug-likeness (QED) is 0.550. The van der Waals surface area contributed by atoms with Crippen molar-refractivity contribution in [3.05, 3.63) is 29.8 Å². The van der Waals surface area contributed by atoms with Crippen LogP contribution in [0.4, 0.5) is 10.5 Å². The Balaban J connectivity index is 1.83. The summed E-state index contributed by atoms with van der Waals surface area (Å²) in [6.45, 7) is 0.843. The zero-order valence-electron chi connectivity index (χ0n) is 12.5. The average molecular weight is 290 g/mol. The highest BCUT2D eigenvalue weighted by atomic mass is 16.2. The van der Waals surface area contributed by atoms with Crippen LogP contribution in [-0.4, -0.2) is 44.0 Å². The molecule has 0 bridgehead atoms. The van der Waals surface area contributed by atoms with Crippen LogP contribution in [0.15, 0.2) is 24.3 Å². The van der Waals surface area contributed by atoms with Crippen molar-refractivity contribution in [3.8, 4) is 0 Å². The van der Waals surface area contributed by atoms with Gasteiger partial charge in [0.2, 0.25) is 5.91 Å². The van der Waals surface area contributed by atoms with Crippen LogP contribution in [0.2, 0.25) is 0 Å². The van der Waals surface area contributed by atoms with Crippen molar-refractivity contribution in [1.29, 1.82) is 0 Å². The molecule has 0 radical (unpaired) electrons. The van der Waals surface area contributed by atoms with Gasteiger partial charge >= 0.3 is 6.03 Å². The van der Waals surface area contributed by atoms with Gasteiger partial charge in [0, 0.05) is 32.9 Å². The molecule has 3 amide bonds. The van der Waals surface area contributed by atoms with E-state index in [9.17, 15) is 9.59 Å². The van der Waals surface area contributed by atoms with E-state index in [4.69, 9.17) is 5.73 Å². The second kappa shape index (κ2) is 6.03. The number of carbonyl (C=O) groups is 2. The molecule has 1 aromatic carbocycles. The van der Waals surface area contributed by atoms with Gasteiger partial charge < -0.3 is 21.3 Å². The number of nitrogens with zero attached hydrogens (tertiary/aromatic N) is 1. The average Bonchev–Trinajstić information content (AvgIpc) is 3.25. The third-order valence-corrected chi connectivity index (χ3v) is 3.74. The second-order valence-electron chi connectivity index (χ2n) is 5.59. The molecule has 0 saturated heterocycles. The summed E-state index contributed by atoms with van der Waals surface area (Å²) in [7, 11) is 3.35. The lowest BCUT2D eigenvalue weighted by atomic mass is 9.95. The monoisotopic (exact) mass is 290 g/mol. The SMILES string of the molecule is CN(C)C(=O)NCCNC(=O)C1(c2ccc(N)cc2)CC1. The lowest BCUT2D eigenvalue weighted by Crippen LogP contribution is -2.42. The van der Waals surface area contributed by atoms with Crippen LogP contribution < -0.4 is 16.4 Å². The summed E-state index contributed by atoms with van der Waals surface area (Å²) in [5, 5.41) is 5.60. The molecule has 1 aliphatic rings. The number of rotatable bonds is 5. The molecule has 4 N–H and O–H groups in total. The summed E-state index contributed by atoms with van der Waals surface area (Å²) < 4.78 is 0. The van der Waals surface area contributed by atoms with E-state index in [1.807, 2.05) is 24.3 Å². The van der Waals surface area contributed by atoms with Gasteiger partial charge in [0.25, 0.3) is 0 Å². The van der Waals surface area contributed by atoms with Gasteiger partial charge in [0.15, 0.2) is 0 Å². The van der Waals surface area contributed by atoms with E-state index in [1.165, 1.54) is 4.90 Å². The molecular weight excluding hydrogens is 268 g/mol. The molecule has 6 nitrogen and oxygen atoms in total. The molecule has 1 fully saturated rings. The van der Waals surface area contributed by atoms with E-state index in [1.54, 1.807) is 14.1 Å². The third kappa shape index (κ3) is 3.45. The van der Waals surface area contributed by atoms with Crippen LogP contribution in [-0.2, 0) is 10.2 Å². The van der Waals surface area contributed by atoms with Crippen LogP contribution in [0.1, 0.15) is 18.4 Å². The first-order valence-electron chi connectivity index (χ1n) is 7.05. The van der Waals surface area contributed by atoms with Crippen molar-refractivity contribution in [2.24, 2.45) is 0 Å². The number of anilines is 1. The molecule has 0 spiro atoms. The number of urea groups is 1. The predicted octanol–water partition coefficient (Wildman–Crippen LogP) is 0.688. The fourth-order valence-corrected chi connectivity index (χ4v) is 2.25. The molecule has 21 heavy (non-hydrogen) atoms. The van der Waals surface area contributed by atoms with Crippen molar-refractivity contribution in [2.75, 3.05) is 32.9 Å². The van der Waals surface area contributed by atoms with Gasteiger partial charge in [0.1, 0.15) is 0 Å². The van der Waals surface area contributed by atoms with Crippen molar-refractivity contribution < 1.29 is 9.59 Å². The first-order chi connectivity index (χ1) is 9.95. The fourth-order valence-electron chi connectivity index (χ4n) is 2.25. The van der Waals surface area contributed by atoms with Gasteiger partial charge in [-0.2, -0.15) is 0 Å². The molecular formula is C15H22N4O2. The Morgan fingerprint density at radius 3 is 2.24 bits per heavy atom. The molecule has 114 valence electrons. The zero-order chi connectivity index (χ0) is 15.5. The van der Waals surface area contributed by atoms with E-state index in [2.05, 4.69) is 10.6 Å². The highest BCUT2D eigenvalue weighted by Gasteiger charge is 2.50. The Morgan fingerprint density at radius 2 is 1.71 bits per heavy atom. The lowest BCUT2D eigenvalue weighted by Gasteiger charge is -2.17. The Bertz CT molecular complexity index is 521. The lowest BCUT2D eigenvalue weighted by molar-refractivity contribution is -0.123. The number of hydrogen-bond donors (Lipinski definition) is 3. The van der Waals surface area contributed by atoms with Crippen LogP contribution in [0, 0.1) is 0 Å². The molecule has 2 rings (SSSR count). The van der Waals surface area contributed by atoms with Gasteiger partial charge in [-0.3, -0.25) is 4.79 Å². The number of amides is 3. The van der Waals surface area contributed by atoms with E-state index >= 15 is 0 Å². The maximum atomic E-state index is 12.3. The van der Waals surface area contributed by atoms with E-state index < -0.39 is 5.41 Å². The zero-order valence-corrected chi connectivity index (χ0v) is 12.5. The predicted molar refractivity (Wildman–Crippen MR) is 81.9 cm³/mol. The number of nitrogens with one attached hydrogen (secondary N) is 2. The Hall–Kier alpha value is -2.24. The van der Waals surface area contributed by atoms with Crippen LogP contribution >= 0.6 is 0 Å². The summed E-state index contributed by atoms with van der Waals surface area (Å²) in [4.78, 5) is 25.1. The summed E-state index contributed by atoms with van der Waals surface area (Å²) in [6, 6.07) is 7.30. The third-order valence-electron chi connectivity index (χ3n) is 3.74. The minimum atomic E-state index is -0.404. The van der Waals surface area contributed by atoms with Gasteiger partial charge in [0.05, 0.1) is 5.41 Å². The van der Waals surface area contributed by atoms with Crippen LogP contribution in [0.3, 0.4) is 0 Å². The molecule has 1 saturated carbocycles. The summed E-state index contributed by atoms with van der Waals surface area (Å²) in [5.74, 6) is 0.0198. The Kier molecular flexibility index (Phi) is 4.35. The van der Waals surface area contributed by atoms with Crippen molar-refractivity contribution in [3.63, 3.8) is 0 Å². The summed E-state index contributed by atoms with van der Waals surface area (Å²) >= 11 is 0. The molecule has 0 aliphatic heterocycles. The molecule has 6 heteroatoms. The molecule has 1 aliphatic carbocycles. The molecule has 0 unspecified atom stereocenters. The first-order valence-corrected chi connectivity index (χ1v) is 7.05. The minimum Gasteiger partial charge on any atom is -0.399 e. The van der Waals surface area contributed by atoms with E-state index in [0.29, 0.717) is 18.8 Å². The first kappa shape index (κ1) is 15.2. The second-order valence-corrected chi connectivity index (χ2v) is 5.59. The molecule has 0 heterocycles. The largest absolute Gasteiger partial charge is 0.399 e. The van der Waals surface area contributed by atoms with Gasteiger partial charge in [-0.25, -0.2) is 4.79 Å². The standard InChI is InChI=1S/C15H22N4O2/c1-19(2)14(21)18-10-9-17-13(20)15(7-8-15)11-3-5-12(16)6-4-11/h3-6H,7-10,16H2,1-2H3,(H,17,20)(H,18,21). The maximum Gasteiger partial charge on any atom is 0.316 e. The maximum absolute atomic E-state index is 12.3. The smallest absolute Gasteiger partial charge is 0.316 e. The number of nitrogen functional groups attached to an aromatic ring is 1. The highest BCUT2D eigenvalue weighted by molar-refractivity contribution is 5.91. The Morgan fingerprint density at radius 1 is 1.14 bits per heavy atom. The normalized spacial score (nSPS) is 15.1. The Labute approximate surface area is 124 Å². The van der Waals surface area contributed by atoms with Crippen molar-refractivity contribution in [2.45, 2.75) is 18.3 Å². The van der Waals surface area contributed by atoms with Crippen molar-refractivity contribution >= 4 is 17.6 Å². The minimum absolute atomic E-state index is 0.0198. The topological polar surface area (TPSA) is 87.5 Å². The summed E-state index contributed by atoms with van der Waals surface area (Å²) in [5.41, 5.74) is 6.97. The molecule has 0 atom stereocenters. The van der Waals surface area contributed by atoms with E-state index in [-0.39, 0.29) is 11.9 Å². The van der Waals surface area contributed by atoms with E-state index in [0.717, 1.165) is 18.4 Å². The molecule has 0 aromatic heterocycles. The number of nitrogens with two attached hydrogens (primary N) is 1. The highest BCUT2D eigenvalue weighted by Crippen LogP contribution is 2.48. The van der Waals surface area contributed by atoms with Crippen molar-refractivity contribution in [1.82, 2.24) is 15.5 Å². The summed E-state index contributed by atoms with van der Waals surface area (Å²) in [6.07, 6.45) is 1.71. The molecule has 1 aromatic rings. The van der Waals surface area contributed by atoms with Gasteiger partial charge in [-0.1, -0.05) is 12.1 Å². The van der Waals surface area contributed by atoms with Gasteiger partial charge in [-0.05, 0) is 30.5 Å². The van der Waals surface area contributed by atoms with Crippen LogP contribution in [0.25, 0.3) is 0 Å². The van der Waals surface area contributed by atoms with Gasteiger partial charge in [-0.15, -0.1) is 0 Å². The fraction of sp³-hybridized carbons (Fsp3) is 0.467. The van der Waals surface area contributed by atoms with Crippen LogP contribution in [0.5, 0.6) is 0 Å². The number of carbonyl (C=O) groups excluding carboxylic acids is 2. The number of hydrogen-bond acceptors (Lipinski definition) is 3.